The number of hydrogen-bond donors (Lipinski definition) is 0. The molecule has 0 aliphatic rings. The Kier molecular flexibility index (Phi) is 1.68. The molecule has 1 aromatic carbocycles. The molecule has 2 heterocycles. The molecule has 0 aliphatic carbocycles. The smallest absolute Gasteiger partial charge is 0.133 e. The fourth-order valence-corrected chi connectivity index (χ4v) is 1.86. The molecule has 2 nitrogen and oxygen atoms in total. The van der Waals surface area contributed by atoms with Gasteiger partial charge in [0.15, 0.2) is 0 Å². The third-order valence-electron chi connectivity index (χ3n) is 2.69. The van der Waals surface area contributed by atoms with Gasteiger partial charge in [-0.1, -0.05) is 12.1 Å². The van der Waals surface area contributed by atoms with Gasteiger partial charge in [-0.3, -0.25) is 0 Å². The Bertz CT molecular complexity index is 590. The van der Waals surface area contributed by atoms with Crippen molar-refractivity contribution in [3.63, 3.8) is 0 Å². The second-order valence-corrected chi connectivity index (χ2v) is 3.68. The van der Waals surface area contributed by atoms with Crippen LogP contribution in [-0.2, 0) is 7.05 Å². The summed E-state index contributed by atoms with van der Waals surface area (Å²) in [4.78, 5) is 0. The molecule has 0 aliphatic heterocycles. The average Bonchev–Trinajstić information content (AvgIpc) is 2.88. The largest absolute Gasteiger partial charge is 0.464 e. The summed E-state index contributed by atoms with van der Waals surface area (Å²) in [5.74, 6) is 0.915. The summed E-state index contributed by atoms with van der Waals surface area (Å²) in [6.45, 7) is 0. The van der Waals surface area contributed by atoms with E-state index in [4.69, 9.17) is 4.42 Å². The van der Waals surface area contributed by atoms with Gasteiger partial charge in [0, 0.05) is 24.3 Å². The van der Waals surface area contributed by atoms with Gasteiger partial charge in [-0.05, 0) is 29.7 Å². The first-order valence-corrected chi connectivity index (χ1v) is 4.93. The maximum absolute atomic E-state index is 5.38. The highest BCUT2D eigenvalue weighted by molar-refractivity contribution is 5.84. The molecule has 3 rings (SSSR count). The standard InChI is InChI=1S/C13H11NO/c1-14-7-6-10-4-5-11(9-12(10)14)13-3-2-8-15-13/h2-9H,1H3. The lowest BCUT2D eigenvalue weighted by Crippen LogP contribution is -1.84. The second-order valence-electron chi connectivity index (χ2n) is 3.68. The van der Waals surface area contributed by atoms with Crippen LogP contribution in [0, 0.1) is 0 Å². The number of aromatic nitrogens is 1. The monoisotopic (exact) mass is 197 g/mol. The topological polar surface area (TPSA) is 18.1 Å². The van der Waals surface area contributed by atoms with Gasteiger partial charge in [-0.2, -0.15) is 0 Å². The average molecular weight is 197 g/mol. The van der Waals surface area contributed by atoms with Crippen molar-refractivity contribution in [1.82, 2.24) is 4.57 Å². The van der Waals surface area contributed by atoms with Gasteiger partial charge in [0.1, 0.15) is 5.76 Å². The maximum atomic E-state index is 5.38. The molecule has 74 valence electrons. The predicted molar refractivity (Wildman–Crippen MR) is 60.6 cm³/mol. The zero-order valence-corrected chi connectivity index (χ0v) is 8.47. The zero-order valence-electron chi connectivity index (χ0n) is 8.47. The summed E-state index contributed by atoms with van der Waals surface area (Å²) in [6.07, 6.45) is 3.76. The summed E-state index contributed by atoms with van der Waals surface area (Å²) in [5.41, 5.74) is 2.35. The predicted octanol–water partition coefficient (Wildman–Crippen LogP) is 3.44. The van der Waals surface area contributed by atoms with Crippen molar-refractivity contribution >= 4 is 10.9 Å². The first kappa shape index (κ1) is 8.36. The Morgan fingerprint density at radius 2 is 2.07 bits per heavy atom. The molecule has 0 amide bonds. The zero-order chi connectivity index (χ0) is 10.3. The fourth-order valence-electron chi connectivity index (χ4n) is 1.86. The third kappa shape index (κ3) is 1.26. The fraction of sp³-hybridized carbons (Fsp3) is 0.0769. The van der Waals surface area contributed by atoms with Crippen LogP contribution in [0.4, 0.5) is 0 Å². The molecule has 15 heavy (non-hydrogen) atoms. The van der Waals surface area contributed by atoms with E-state index in [0.717, 1.165) is 11.3 Å². The van der Waals surface area contributed by atoms with Crippen LogP contribution < -0.4 is 0 Å². The van der Waals surface area contributed by atoms with Crippen LogP contribution >= 0.6 is 0 Å². The van der Waals surface area contributed by atoms with Gasteiger partial charge in [-0.15, -0.1) is 0 Å². The molecule has 0 bridgehead atoms. The number of benzene rings is 1. The molecule has 2 aromatic heterocycles. The van der Waals surface area contributed by atoms with Crippen LogP contribution in [0.15, 0.2) is 53.3 Å². The first-order chi connectivity index (χ1) is 7.34. The summed E-state index contributed by atoms with van der Waals surface area (Å²) >= 11 is 0. The molecule has 0 radical (unpaired) electrons. The van der Waals surface area contributed by atoms with E-state index in [1.807, 2.05) is 19.2 Å². The lowest BCUT2D eigenvalue weighted by atomic mass is 10.1. The minimum absolute atomic E-state index is 0.915. The molecular formula is C13H11NO. The number of hydrogen-bond acceptors (Lipinski definition) is 1. The number of fused-ring (bicyclic) bond motifs is 1. The molecular weight excluding hydrogens is 186 g/mol. The van der Waals surface area contributed by atoms with Crippen LogP contribution in [0.1, 0.15) is 0 Å². The van der Waals surface area contributed by atoms with Crippen molar-refractivity contribution in [1.29, 1.82) is 0 Å². The second kappa shape index (κ2) is 3.02. The van der Waals surface area contributed by atoms with E-state index in [0.29, 0.717) is 0 Å². The van der Waals surface area contributed by atoms with Crippen molar-refractivity contribution in [2.45, 2.75) is 0 Å². The van der Waals surface area contributed by atoms with Crippen molar-refractivity contribution in [2.75, 3.05) is 0 Å². The van der Waals surface area contributed by atoms with Crippen molar-refractivity contribution in [2.24, 2.45) is 7.05 Å². The molecule has 0 unspecified atom stereocenters. The van der Waals surface area contributed by atoms with Crippen LogP contribution in [-0.4, -0.2) is 4.57 Å². The van der Waals surface area contributed by atoms with E-state index in [-0.39, 0.29) is 0 Å². The SMILES string of the molecule is Cn1ccc2ccc(-c3ccco3)cc21. The van der Waals surface area contributed by atoms with E-state index < -0.39 is 0 Å². The van der Waals surface area contributed by atoms with E-state index in [2.05, 4.69) is 35.0 Å². The maximum Gasteiger partial charge on any atom is 0.133 e. The van der Waals surface area contributed by atoms with E-state index in [1.54, 1.807) is 6.26 Å². The van der Waals surface area contributed by atoms with Gasteiger partial charge in [-0.25, -0.2) is 0 Å². The Morgan fingerprint density at radius 1 is 1.13 bits per heavy atom. The van der Waals surface area contributed by atoms with Gasteiger partial charge in [0.05, 0.1) is 6.26 Å². The highest BCUT2D eigenvalue weighted by atomic mass is 16.3. The minimum atomic E-state index is 0.915. The van der Waals surface area contributed by atoms with Gasteiger partial charge in [0.25, 0.3) is 0 Å². The molecule has 0 atom stereocenters. The lowest BCUT2D eigenvalue weighted by molar-refractivity contribution is 0.582. The van der Waals surface area contributed by atoms with Crippen LogP contribution in [0.2, 0.25) is 0 Å². The Morgan fingerprint density at radius 3 is 2.87 bits per heavy atom. The third-order valence-corrected chi connectivity index (χ3v) is 2.69. The van der Waals surface area contributed by atoms with Crippen LogP contribution in [0.3, 0.4) is 0 Å². The summed E-state index contributed by atoms with van der Waals surface area (Å²) in [7, 11) is 2.05. The van der Waals surface area contributed by atoms with E-state index in [9.17, 15) is 0 Å². The minimum Gasteiger partial charge on any atom is -0.464 e. The van der Waals surface area contributed by atoms with Gasteiger partial charge < -0.3 is 8.98 Å². The number of nitrogens with zero attached hydrogens (tertiary/aromatic N) is 1. The Labute approximate surface area is 87.7 Å². The van der Waals surface area contributed by atoms with E-state index >= 15 is 0 Å². The van der Waals surface area contributed by atoms with Crippen LogP contribution in [0.5, 0.6) is 0 Å². The highest BCUT2D eigenvalue weighted by Crippen LogP contribution is 2.24. The molecule has 0 saturated carbocycles. The van der Waals surface area contributed by atoms with Crippen molar-refractivity contribution in [3.8, 4) is 11.3 Å². The number of furan rings is 1. The highest BCUT2D eigenvalue weighted by Gasteiger charge is 2.03. The lowest BCUT2D eigenvalue weighted by Gasteiger charge is -1.99. The molecule has 0 N–H and O–H groups in total. The summed E-state index contributed by atoms with van der Waals surface area (Å²) in [6, 6.07) is 12.3. The normalized spacial score (nSPS) is 11.0. The van der Waals surface area contributed by atoms with Crippen molar-refractivity contribution in [3.05, 3.63) is 48.9 Å². The van der Waals surface area contributed by atoms with Crippen LogP contribution in [0.25, 0.3) is 22.2 Å². The van der Waals surface area contributed by atoms with E-state index in [1.165, 1.54) is 10.9 Å². The molecule has 0 saturated heterocycles. The van der Waals surface area contributed by atoms with Gasteiger partial charge in [0.2, 0.25) is 0 Å². The molecule has 3 aromatic rings. The summed E-state index contributed by atoms with van der Waals surface area (Å²) in [5, 5.41) is 1.26. The molecule has 0 spiro atoms. The number of rotatable bonds is 1. The van der Waals surface area contributed by atoms with Gasteiger partial charge >= 0.3 is 0 Å². The summed E-state index contributed by atoms with van der Waals surface area (Å²) < 4.78 is 7.49. The molecule has 0 fully saturated rings. The molecule has 2 heteroatoms. The quantitative estimate of drug-likeness (QED) is 0.584. The Hall–Kier alpha value is -1.96. The first-order valence-electron chi connectivity index (χ1n) is 4.93. The number of aryl methyl sites for hydroxylation is 1. The van der Waals surface area contributed by atoms with Crippen molar-refractivity contribution < 1.29 is 4.42 Å². The Balaban J connectivity index is 2.25.